The predicted octanol–water partition coefficient (Wildman–Crippen LogP) is 5.69. The molecule has 3 N–H and O–H groups in total. The molecule has 220 valence electrons. The lowest BCUT2D eigenvalue weighted by Gasteiger charge is -2.30. The van der Waals surface area contributed by atoms with Crippen LogP contribution in [0.5, 0.6) is 0 Å². The van der Waals surface area contributed by atoms with Crippen molar-refractivity contribution >= 4 is 34.0 Å². The highest BCUT2D eigenvalue weighted by atomic mass is 16.1. The van der Waals surface area contributed by atoms with Crippen molar-refractivity contribution in [2.45, 2.75) is 58.4 Å². The number of hydrogen-bond acceptors (Lipinski definition) is 7. The Bertz CT molecular complexity index is 1820. The number of piperidine rings is 1. The minimum absolute atomic E-state index is 0.192. The third-order valence-electron chi connectivity index (χ3n) is 8.20. The third-order valence-corrected chi connectivity index (χ3v) is 8.20. The van der Waals surface area contributed by atoms with Crippen LogP contribution in [0, 0.1) is 0 Å². The molecule has 0 saturated carbocycles. The van der Waals surface area contributed by atoms with Crippen LogP contribution in [-0.4, -0.2) is 49.6 Å². The SMILES string of the molecule is C=C(C)C(=O)Nc1ccc2c(-c3ccccc3CCc3nc(N4CCC(N)CC4)nc4c(C(C)C)cnn34)nccc2c1. The fraction of sp³-hybridized carbons (Fsp3) is 0.324. The molecule has 2 aromatic carbocycles. The first-order valence-electron chi connectivity index (χ1n) is 15.0. The van der Waals surface area contributed by atoms with Gasteiger partial charge in [-0.3, -0.25) is 9.78 Å². The van der Waals surface area contributed by atoms with Gasteiger partial charge in [-0.05, 0) is 61.3 Å². The average molecular weight is 575 g/mol. The van der Waals surface area contributed by atoms with Crippen LogP contribution in [0.3, 0.4) is 0 Å². The summed E-state index contributed by atoms with van der Waals surface area (Å²) in [5, 5.41) is 9.64. The number of pyridine rings is 1. The van der Waals surface area contributed by atoms with Gasteiger partial charge in [0.05, 0.1) is 11.9 Å². The second-order valence-electron chi connectivity index (χ2n) is 11.7. The Morgan fingerprint density at radius 2 is 1.88 bits per heavy atom. The highest BCUT2D eigenvalue weighted by Gasteiger charge is 2.22. The number of aryl methyl sites for hydroxylation is 2. The van der Waals surface area contributed by atoms with Crippen LogP contribution in [0.25, 0.3) is 27.7 Å². The Morgan fingerprint density at radius 1 is 1.09 bits per heavy atom. The first-order valence-corrected chi connectivity index (χ1v) is 15.0. The fourth-order valence-corrected chi connectivity index (χ4v) is 5.67. The average Bonchev–Trinajstić information content (AvgIpc) is 3.45. The molecule has 0 unspecified atom stereocenters. The van der Waals surface area contributed by atoms with E-state index in [1.54, 1.807) is 6.92 Å². The van der Waals surface area contributed by atoms with Gasteiger partial charge in [-0.1, -0.05) is 50.8 Å². The van der Waals surface area contributed by atoms with E-state index in [-0.39, 0.29) is 11.9 Å². The Morgan fingerprint density at radius 3 is 2.65 bits per heavy atom. The molecule has 6 rings (SSSR count). The van der Waals surface area contributed by atoms with Crippen molar-refractivity contribution in [1.82, 2.24) is 24.6 Å². The predicted molar refractivity (Wildman–Crippen MR) is 172 cm³/mol. The Balaban J connectivity index is 1.33. The van der Waals surface area contributed by atoms with Gasteiger partial charge in [-0.15, -0.1) is 0 Å². The van der Waals surface area contributed by atoms with E-state index in [9.17, 15) is 4.79 Å². The van der Waals surface area contributed by atoms with Crippen molar-refractivity contribution < 1.29 is 4.79 Å². The summed E-state index contributed by atoms with van der Waals surface area (Å²) < 4.78 is 1.91. The maximum atomic E-state index is 12.2. The first kappa shape index (κ1) is 28.5. The molecule has 0 bridgehead atoms. The van der Waals surface area contributed by atoms with Gasteiger partial charge in [-0.25, -0.2) is 4.52 Å². The molecule has 1 saturated heterocycles. The van der Waals surface area contributed by atoms with Gasteiger partial charge in [0.2, 0.25) is 5.95 Å². The van der Waals surface area contributed by atoms with Crippen LogP contribution in [-0.2, 0) is 17.6 Å². The number of anilines is 2. The van der Waals surface area contributed by atoms with E-state index in [1.165, 1.54) is 5.56 Å². The van der Waals surface area contributed by atoms with Gasteiger partial charge in [0.25, 0.3) is 5.91 Å². The van der Waals surface area contributed by atoms with Gasteiger partial charge >= 0.3 is 0 Å². The van der Waals surface area contributed by atoms with Gasteiger partial charge in [-0.2, -0.15) is 15.1 Å². The van der Waals surface area contributed by atoms with E-state index >= 15 is 0 Å². The highest BCUT2D eigenvalue weighted by Crippen LogP contribution is 2.32. The quantitative estimate of drug-likeness (QED) is 0.229. The summed E-state index contributed by atoms with van der Waals surface area (Å²) in [4.78, 5) is 29.3. The summed E-state index contributed by atoms with van der Waals surface area (Å²) in [6.45, 7) is 11.5. The number of fused-ring (bicyclic) bond motifs is 2. The van der Waals surface area contributed by atoms with Crippen LogP contribution in [0.4, 0.5) is 11.6 Å². The molecule has 9 heteroatoms. The van der Waals surface area contributed by atoms with Crippen molar-refractivity contribution in [2.75, 3.05) is 23.3 Å². The molecule has 0 aliphatic carbocycles. The molecule has 1 fully saturated rings. The summed E-state index contributed by atoms with van der Waals surface area (Å²) in [6.07, 6.45) is 7.07. The van der Waals surface area contributed by atoms with E-state index in [4.69, 9.17) is 25.8 Å². The van der Waals surface area contributed by atoms with Crippen LogP contribution in [0.1, 0.15) is 56.5 Å². The standard InChI is InChI=1S/C34H38N8O/c1-21(2)29-20-37-42-30(39-34(40-32(29)42)41-17-14-25(35)15-18-41)12-9-23-7-5-6-8-27(23)31-28-11-10-26(38-33(43)22(3)4)19-24(28)13-16-36-31/h5-8,10-11,13,16,19-21,25H,3,9,12,14-15,17-18,35H2,1-2,4H3,(H,38,43). The number of benzene rings is 2. The normalized spacial score (nSPS) is 14.1. The van der Waals surface area contributed by atoms with Gasteiger partial charge in [0.1, 0.15) is 5.82 Å². The van der Waals surface area contributed by atoms with Crippen LogP contribution in [0.2, 0.25) is 0 Å². The zero-order chi connectivity index (χ0) is 30.1. The van der Waals surface area contributed by atoms with Crippen LogP contribution >= 0.6 is 0 Å². The molecule has 0 atom stereocenters. The minimum atomic E-state index is -0.192. The van der Waals surface area contributed by atoms with Crippen molar-refractivity contribution in [1.29, 1.82) is 0 Å². The van der Waals surface area contributed by atoms with Gasteiger partial charge < -0.3 is 16.0 Å². The first-order chi connectivity index (χ1) is 20.8. The van der Waals surface area contributed by atoms with Crippen molar-refractivity contribution in [3.63, 3.8) is 0 Å². The molecule has 43 heavy (non-hydrogen) atoms. The zero-order valence-electron chi connectivity index (χ0n) is 25.0. The Hall–Kier alpha value is -4.63. The molecule has 1 aliphatic rings. The number of hydrogen-bond donors (Lipinski definition) is 2. The summed E-state index contributed by atoms with van der Waals surface area (Å²) in [7, 11) is 0. The molecule has 4 heterocycles. The number of carbonyl (C=O) groups excluding carboxylic acids is 1. The Labute approximate surface area is 251 Å². The summed E-state index contributed by atoms with van der Waals surface area (Å²) in [5.41, 5.74) is 12.5. The number of amides is 1. The number of rotatable bonds is 8. The molecular formula is C34H38N8O. The van der Waals surface area contributed by atoms with Crippen molar-refractivity contribution in [3.05, 3.63) is 90.0 Å². The third kappa shape index (κ3) is 5.85. The largest absolute Gasteiger partial charge is 0.341 e. The lowest BCUT2D eigenvalue weighted by Crippen LogP contribution is -2.40. The molecule has 0 radical (unpaired) electrons. The smallest absolute Gasteiger partial charge is 0.250 e. The van der Waals surface area contributed by atoms with E-state index < -0.39 is 0 Å². The molecule has 1 aliphatic heterocycles. The Kier molecular flexibility index (Phi) is 7.90. The number of nitrogens with two attached hydrogens (primary N) is 1. The van der Waals surface area contributed by atoms with Crippen molar-refractivity contribution in [3.8, 4) is 11.3 Å². The number of aromatic nitrogens is 5. The van der Waals surface area contributed by atoms with E-state index in [2.05, 4.69) is 48.8 Å². The minimum Gasteiger partial charge on any atom is -0.341 e. The highest BCUT2D eigenvalue weighted by molar-refractivity contribution is 6.05. The summed E-state index contributed by atoms with van der Waals surface area (Å²) >= 11 is 0. The molecule has 9 nitrogen and oxygen atoms in total. The topological polar surface area (TPSA) is 114 Å². The number of nitrogens with zero attached hydrogens (tertiary/aromatic N) is 6. The van der Waals surface area contributed by atoms with Gasteiger partial charge in [0, 0.05) is 59.5 Å². The summed E-state index contributed by atoms with van der Waals surface area (Å²) in [6, 6.07) is 16.5. The molecule has 5 aromatic rings. The maximum Gasteiger partial charge on any atom is 0.250 e. The summed E-state index contributed by atoms with van der Waals surface area (Å²) in [5.74, 6) is 1.76. The van der Waals surface area contributed by atoms with Crippen molar-refractivity contribution in [2.24, 2.45) is 5.73 Å². The number of carbonyl (C=O) groups is 1. The molecular weight excluding hydrogens is 536 g/mol. The number of nitrogens with one attached hydrogen (secondary N) is 1. The molecule has 0 spiro atoms. The monoisotopic (exact) mass is 574 g/mol. The van der Waals surface area contributed by atoms with Crippen LogP contribution < -0.4 is 16.0 Å². The fourth-order valence-electron chi connectivity index (χ4n) is 5.67. The lowest BCUT2D eigenvalue weighted by molar-refractivity contribution is -0.112. The molecule has 1 amide bonds. The van der Waals surface area contributed by atoms with Crippen LogP contribution in [0.15, 0.2) is 73.1 Å². The van der Waals surface area contributed by atoms with E-state index in [0.717, 1.165) is 83.1 Å². The second kappa shape index (κ2) is 11.9. The molecule has 3 aromatic heterocycles. The van der Waals surface area contributed by atoms with E-state index in [1.807, 2.05) is 47.2 Å². The maximum absolute atomic E-state index is 12.2. The zero-order valence-corrected chi connectivity index (χ0v) is 25.0. The van der Waals surface area contributed by atoms with E-state index in [0.29, 0.717) is 17.9 Å². The van der Waals surface area contributed by atoms with Gasteiger partial charge in [0.15, 0.2) is 5.65 Å². The second-order valence-corrected chi connectivity index (χ2v) is 11.7. The lowest BCUT2D eigenvalue weighted by atomic mass is 9.96.